The van der Waals surface area contributed by atoms with E-state index in [4.69, 9.17) is 0 Å². The normalized spacial score (nSPS) is 17.6. The van der Waals surface area contributed by atoms with E-state index in [9.17, 15) is 19.5 Å². The van der Waals surface area contributed by atoms with Crippen molar-refractivity contribution in [2.75, 3.05) is 10.2 Å². The molecule has 1 saturated heterocycles. The smallest absolute Gasteiger partial charge is 0.300 e. The highest BCUT2D eigenvalue weighted by Crippen LogP contribution is 2.42. The molecule has 6 nitrogen and oxygen atoms in total. The summed E-state index contributed by atoms with van der Waals surface area (Å²) in [6.45, 7) is 1.41. The Bertz CT molecular complexity index is 1170. The Morgan fingerprint density at radius 3 is 2.03 bits per heavy atom. The number of nitrogens with one attached hydrogen (secondary N) is 1. The highest BCUT2D eigenvalue weighted by molar-refractivity contribution is 6.51. The number of anilines is 2. The van der Waals surface area contributed by atoms with Crippen molar-refractivity contribution in [3.8, 4) is 0 Å². The van der Waals surface area contributed by atoms with Gasteiger partial charge in [-0.15, -0.1) is 0 Å². The van der Waals surface area contributed by atoms with Gasteiger partial charge in [0.2, 0.25) is 5.91 Å². The van der Waals surface area contributed by atoms with E-state index in [0.29, 0.717) is 22.5 Å². The number of amides is 2. The Hall–Kier alpha value is -4.19. The molecule has 4 rings (SSSR count). The van der Waals surface area contributed by atoms with Crippen LogP contribution in [0.25, 0.3) is 5.76 Å². The van der Waals surface area contributed by atoms with Crippen molar-refractivity contribution in [3.05, 3.63) is 102 Å². The van der Waals surface area contributed by atoms with E-state index in [-0.39, 0.29) is 17.2 Å². The fraction of sp³-hybridized carbons (Fsp3) is 0.0800. The predicted molar refractivity (Wildman–Crippen MR) is 118 cm³/mol. The summed E-state index contributed by atoms with van der Waals surface area (Å²) in [5.74, 6) is -1.90. The molecular weight excluding hydrogens is 392 g/mol. The largest absolute Gasteiger partial charge is 0.507 e. The summed E-state index contributed by atoms with van der Waals surface area (Å²) in [5, 5.41) is 13.7. The van der Waals surface area contributed by atoms with E-state index < -0.39 is 17.7 Å². The molecule has 1 heterocycles. The number of hydrogen-bond acceptors (Lipinski definition) is 4. The van der Waals surface area contributed by atoms with Gasteiger partial charge in [0.1, 0.15) is 5.76 Å². The number of Topliss-reactive ketones (excluding diaryl/α,β-unsaturated/α-hetero) is 1. The van der Waals surface area contributed by atoms with E-state index in [1.54, 1.807) is 54.6 Å². The number of nitrogens with zero attached hydrogens (tertiary/aromatic N) is 1. The number of ketones is 1. The molecule has 0 spiro atoms. The first-order valence-corrected chi connectivity index (χ1v) is 9.76. The maximum Gasteiger partial charge on any atom is 0.300 e. The van der Waals surface area contributed by atoms with E-state index in [0.717, 1.165) is 0 Å². The van der Waals surface area contributed by atoms with Crippen LogP contribution in [-0.4, -0.2) is 22.7 Å². The molecular formula is C25H20N2O4. The van der Waals surface area contributed by atoms with Gasteiger partial charge in [0.25, 0.3) is 11.7 Å². The fourth-order valence-electron chi connectivity index (χ4n) is 3.71. The zero-order chi connectivity index (χ0) is 22.0. The van der Waals surface area contributed by atoms with Gasteiger partial charge in [0.05, 0.1) is 11.6 Å². The van der Waals surface area contributed by atoms with Crippen molar-refractivity contribution in [2.45, 2.75) is 13.0 Å². The van der Waals surface area contributed by atoms with Crippen molar-refractivity contribution in [1.82, 2.24) is 0 Å². The van der Waals surface area contributed by atoms with Crippen LogP contribution < -0.4 is 10.2 Å². The molecule has 1 aliphatic heterocycles. The number of hydrogen-bond donors (Lipinski definition) is 2. The minimum atomic E-state index is -0.784. The number of benzene rings is 3. The second-order valence-corrected chi connectivity index (χ2v) is 7.17. The molecule has 154 valence electrons. The molecule has 0 aliphatic carbocycles. The van der Waals surface area contributed by atoms with E-state index in [1.165, 1.54) is 11.8 Å². The maximum atomic E-state index is 13.1. The van der Waals surface area contributed by atoms with Crippen molar-refractivity contribution in [1.29, 1.82) is 0 Å². The number of carbonyl (C=O) groups is 3. The van der Waals surface area contributed by atoms with Crippen molar-refractivity contribution in [3.63, 3.8) is 0 Å². The fourth-order valence-corrected chi connectivity index (χ4v) is 3.71. The van der Waals surface area contributed by atoms with Crippen LogP contribution in [0.4, 0.5) is 11.4 Å². The molecule has 0 bridgehead atoms. The Kier molecular flexibility index (Phi) is 5.37. The van der Waals surface area contributed by atoms with Crippen LogP contribution in [0.3, 0.4) is 0 Å². The lowest BCUT2D eigenvalue weighted by Gasteiger charge is -2.25. The number of carbonyl (C=O) groups excluding carboxylic acids is 3. The molecule has 2 N–H and O–H groups in total. The molecule has 0 aromatic heterocycles. The number of aliphatic hydroxyl groups is 1. The third-order valence-corrected chi connectivity index (χ3v) is 5.07. The average Bonchev–Trinajstić information content (AvgIpc) is 3.05. The highest BCUT2D eigenvalue weighted by Gasteiger charge is 2.46. The van der Waals surface area contributed by atoms with Gasteiger partial charge in [-0.05, 0) is 29.8 Å². The standard InChI is InChI=1S/C25H20N2O4/c1-16(28)26-19-12-14-20(15-13-19)27-22(17-8-4-2-5-9-17)21(24(30)25(27)31)23(29)18-10-6-3-7-11-18/h2-15,22,29H,1H3,(H,26,28)/b23-21+. The van der Waals surface area contributed by atoms with Gasteiger partial charge in [-0.2, -0.15) is 0 Å². The van der Waals surface area contributed by atoms with Gasteiger partial charge < -0.3 is 10.4 Å². The van der Waals surface area contributed by atoms with Crippen LogP contribution in [0.5, 0.6) is 0 Å². The Morgan fingerprint density at radius 1 is 0.871 bits per heavy atom. The molecule has 1 unspecified atom stereocenters. The zero-order valence-corrected chi connectivity index (χ0v) is 16.8. The Morgan fingerprint density at radius 2 is 1.45 bits per heavy atom. The number of aliphatic hydroxyl groups excluding tert-OH is 1. The van der Waals surface area contributed by atoms with Crippen LogP contribution in [0.1, 0.15) is 24.1 Å². The van der Waals surface area contributed by atoms with Gasteiger partial charge in [-0.25, -0.2) is 0 Å². The first-order chi connectivity index (χ1) is 15.0. The van der Waals surface area contributed by atoms with Crippen LogP contribution in [0, 0.1) is 0 Å². The lowest BCUT2D eigenvalue weighted by molar-refractivity contribution is -0.132. The van der Waals surface area contributed by atoms with E-state index in [2.05, 4.69) is 5.32 Å². The molecule has 0 radical (unpaired) electrons. The second-order valence-electron chi connectivity index (χ2n) is 7.17. The summed E-state index contributed by atoms with van der Waals surface area (Å²) in [4.78, 5) is 38.8. The third kappa shape index (κ3) is 3.83. The SMILES string of the molecule is CC(=O)Nc1ccc(N2C(=O)C(=O)/C(=C(/O)c3ccccc3)C2c2ccccc2)cc1. The van der Waals surface area contributed by atoms with Crippen LogP contribution in [0.15, 0.2) is 90.5 Å². The topological polar surface area (TPSA) is 86.7 Å². The van der Waals surface area contributed by atoms with E-state index in [1.807, 2.05) is 30.3 Å². The first kappa shape index (κ1) is 20.1. The third-order valence-electron chi connectivity index (χ3n) is 5.07. The molecule has 6 heteroatoms. The summed E-state index contributed by atoms with van der Waals surface area (Å²) in [5.41, 5.74) is 2.26. The van der Waals surface area contributed by atoms with Crippen molar-refractivity contribution in [2.24, 2.45) is 0 Å². The van der Waals surface area contributed by atoms with Gasteiger partial charge >= 0.3 is 0 Å². The predicted octanol–water partition coefficient (Wildman–Crippen LogP) is 4.27. The summed E-state index contributed by atoms with van der Waals surface area (Å²) in [6.07, 6.45) is 0. The lowest BCUT2D eigenvalue weighted by atomic mass is 9.95. The quantitative estimate of drug-likeness (QED) is 0.381. The van der Waals surface area contributed by atoms with Crippen molar-refractivity contribution >= 4 is 34.7 Å². The highest BCUT2D eigenvalue weighted by atomic mass is 16.3. The summed E-state index contributed by atoms with van der Waals surface area (Å²) < 4.78 is 0. The molecule has 31 heavy (non-hydrogen) atoms. The molecule has 0 saturated carbocycles. The maximum absolute atomic E-state index is 13.1. The summed E-state index contributed by atoms with van der Waals surface area (Å²) in [7, 11) is 0. The Balaban J connectivity index is 1.86. The van der Waals surface area contributed by atoms with Gasteiger partial charge in [-0.1, -0.05) is 60.7 Å². The molecule has 3 aromatic rings. The Labute approximate surface area is 179 Å². The van der Waals surface area contributed by atoms with Gasteiger partial charge in [0, 0.05) is 23.9 Å². The average molecular weight is 412 g/mol. The molecule has 1 aliphatic rings. The van der Waals surface area contributed by atoms with Crippen LogP contribution in [-0.2, 0) is 14.4 Å². The number of rotatable bonds is 4. The molecule has 2 amide bonds. The van der Waals surface area contributed by atoms with E-state index >= 15 is 0 Å². The van der Waals surface area contributed by atoms with Crippen molar-refractivity contribution < 1.29 is 19.5 Å². The first-order valence-electron chi connectivity index (χ1n) is 9.76. The molecule has 1 atom stereocenters. The lowest BCUT2D eigenvalue weighted by Crippen LogP contribution is -2.29. The summed E-state index contributed by atoms with van der Waals surface area (Å²) in [6, 6.07) is 23.7. The minimum Gasteiger partial charge on any atom is -0.507 e. The zero-order valence-electron chi connectivity index (χ0n) is 16.8. The monoisotopic (exact) mass is 412 g/mol. The molecule has 3 aromatic carbocycles. The van der Waals surface area contributed by atoms with Crippen LogP contribution >= 0.6 is 0 Å². The second kappa shape index (κ2) is 8.28. The van der Waals surface area contributed by atoms with Crippen LogP contribution in [0.2, 0.25) is 0 Å². The van der Waals surface area contributed by atoms with Gasteiger partial charge in [-0.3, -0.25) is 19.3 Å². The molecule has 1 fully saturated rings. The van der Waals surface area contributed by atoms with Gasteiger partial charge in [0.15, 0.2) is 0 Å². The minimum absolute atomic E-state index is 0.0355. The summed E-state index contributed by atoms with van der Waals surface area (Å²) >= 11 is 0.